The van der Waals surface area contributed by atoms with Gasteiger partial charge in [-0.15, -0.1) is 0 Å². The molecule has 0 aliphatic carbocycles. The van der Waals surface area contributed by atoms with Crippen molar-refractivity contribution in [3.63, 3.8) is 0 Å². The maximum absolute atomic E-state index is 12.0. The number of rotatable bonds is 6. The second-order valence-electron chi connectivity index (χ2n) is 6.41. The van der Waals surface area contributed by atoms with E-state index >= 15 is 0 Å². The van der Waals surface area contributed by atoms with Gasteiger partial charge in [-0.3, -0.25) is 0 Å². The van der Waals surface area contributed by atoms with Crippen molar-refractivity contribution in [1.82, 2.24) is 10.3 Å². The Labute approximate surface area is 159 Å². The van der Waals surface area contributed by atoms with Crippen LogP contribution in [0.15, 0.2) is 42.6 Å². The van der Waals surface area contributed by atoms with Gasteiger partial charge in [0.15, 0.2) is 0 Å². The summed E-state index contributed by atoms with van der Waals surface area (Å²) >= 11 is 0. The predicted octanol–water partition coefficient (Wildman–Crippen LogP) is 3.18. The zero-order valence-electron chi connectivity index (χ0n) is 15.2. The number of aromatic nitrogens is 1. The van der Waals surface area contributed by atoms with Crippen molar-refractivity contribution < 1.29 is 4.79 Å². The van der Waals surface area contributed by atoms with Gasteiger partial charge in [0.2, 0.25) is 0 Å². The molecule has 1 aliphatic rings. The highest BCUT2D eigenvalue weighted by Gasteiger charge is 2.10. The quantitative estimate of drug-likeness (QED) is 0.685. The number of nitriles is 1. The fourth-order valence-electron chi connectivity index (χ4n) is 3.08. The minimum atomic E-state index is -0.260. The summed E-state index contributed by atoms with van der Waals surface area (Å²) in [6, 6.07) is 13.2. The van der Waals surface area contributed by atoms with Crippen molar-refractivity contribution in [1.29, 1.82) is 5.26 Å². The third-order valence-corrected chi connectivity index (χ3v) is 4.48. The molecule has 0 unspecified atom stereocenters. The van der Waals surface area contributed by atoms with Crippen LogP contribution in [-0.2, 0) is 0 Å². The highest BCUT2D eigenvalue weighted by Crippen LogP contribution is 2.21. The van der Waals surface area contributed by atoms with Gasteiger partial charge in [0.25, 0.3) is 0 Å². The van der Waals surface area contributed by atoms with Gasteiger partial charge in [0, 0.05) is 43.8 Å². The number of amides is 2. The Morgan fingerprint density at radius 2 is 1.89 bits per heavy atom. The third-order valence-electron chi connectivity index (χ3n) is 4.48. The molecule has 0 bridgehead atoms. The van der Waals surface area contributed by atoms with Crippen molar-refractivity contribution in [3.8, 4) is 6.07 Å². The molecular weight excluding hydrogens is 340 g/mol. The summed E-state index contributed by atoms with van der Waals surface area (Å²) in [4.78, 5) is 18.5. The molecule has 1 aromatic heterocycles. The number of benzene rings is 1. The summed E-state index contributed by atoms with van der Waals surface area (Å²) in [5.41, 5.74) is 2.45. The van der Waals surface area contributed by atoms with E-state index in [9.17, 15) is 4.79 Å². The SMILES string of the molecule is N#Cc1cccnc1NCCNC(=O)Nc1ccc(N2CCCCC2)cc1. The average molecular weight is 364 g/mol. The molecule has 2 heterocycles. The largest absolute Gasteiger partial charge is 0.372 e. The van der Waals surface area contributed by atoms with E-state index in [4.69, 9.17) is 5.26 Å². The lowest BCUT2D eigenvalue weighted by Gasteiger charge is -2.28. The molecule has 0 saturated carbocycles. The Morgan fingerprint density at radius 1 is 1.11 bits per heavy atom. The molecule has 0 radical (unpaired) electrons. The Morgan fingerprint density at radius 3 is 2.63 bits per heavy atom. The lowest BCUT2D eigenvalue weighted by molar-refractivity contribution is 0.252. The topological polar surface area (TPSA) is 93.1 Å². The van der Waals surface area contributed by atoms with Crippen LogP contribution in [0, 0.1) is 11.3 Å². The molecule has 27 heavy (non-hydrogen) atoms. The van der Waals surface area contributed by atoms with Crippen LogP contribution in [0.2, 0.25) is 0 Å². The number of pyridine rings is 1. The van der Waals surface area contributed by atoms with E-state index in [0.717, 1.165) is 18.8 Å². The molecule has 1 fully saturated rings. The Balaban J connectivity index is 1.41. The first-order valence-corrected chi connectivity index (χ1v) is 9.25. The first-order chi connectivity index (χ1) is 13.3. The summed E-state index contributed by atoms with van der Waals surface area (Å²) in [5.74, 6) is 0.524. The van der Waals surface area contributed by atoms with E-state index in [1.54, 1.807) is 18.3 Å². The summed E-state index contributed by atoms with van der Waals surface area (Å²) in [6.07, 6.45) is 5.41. The number of piperidine rings is 1. The number of anilines is 3. The van der Waals surface area contributed by atoms with Crippen molar-refractivity contribution in [2.24, 2.45) is 0 Å². The Hall–Kier alpha value is -3.27. The molecular formula is C20H24N6O. The van der Waals surface area contributed by atoms with Crippen molar-refractivity contribution in [2.75, 3.05) is 41.7 Å². The number of hydrogen-bond acceptors (Lipinski definition) is 5. The molecule has 7 nitrogen and oxygen atoms in total. The number of urea groups is 1. The van der Waals surface area contributed by atoms with Gasteiger partial charge in [-0.2, -0.15) is 5.26 Å². The zero-order valence-corrected chi connectivity index (χ0v) is 15.2. The molecule has 0 atom stereocenters. The van der Waals surface area contributed by atoms with Crippen LogP contribution >= 0.6 is 0 Å². The van der Waals surface area contributed by atoms with Gasteiger partial charge >= 0.3 is 6.03 Å². The molecule has 1 aromatic carbocycles. The molecule has 140 valence electrons. The van der Waals surface area contributed by atoms with E-state index in [1.165, 1.54) is 24.9 Å². The second-order valence-corrected chi connectivity index (χ2v) is 6.41. The standard InChI is InChI=1S/C20H24N6O/c21-15-16-5-4-10-22-19(16)23-11-12-24-20(27)25-17-6-8-18(9-7-17)26-13-2-1-3-14-26/h4-10H,1-3,11-14H2,(H,22,23)(H2,24,25,27). The minimum absolute atomic E-state index is 0.260. The van der Waals surface area contributed by atoms with E-state index in [1.807, 2.05) is 24.3 Å². The van der Waals surface area contributed by atoms with Gasteiger partial charge in [-0.25, -0.2) is 9.78 Å². The van der Waals surface area contributed by atoms with Crippen LogP contribution in [0.1, 0.15) is 24.8 Å². The van der Waals surface area contributed by atoms with Gasteiger partial charge in [-0.05, 0) is 55.7 Å². The third kappa shape index (κ3) is 5.35. The lowest BCUT2D eigenvalue weighted by atomic mass is 10.1. The number of carbonyl (C=O) groups excluding carboxylic acids is 1. The first-order valence-electron chi connectivity index (χ1n) is 9.25. The molecule has 2 aromatic rings. The van der Waals surface area contributed by atoms with Crippen molar-refractivity contribution in [2.45, 2.75) is 19.3 Å². The maximum atomic E-state index is 12.0. The smallest absolute Gasteiger partial charge is 0.319 e. The Kier molecular flexibility index (Phi) is 6.47. The average Bonchev–Trinajstić information content (AvgIpc) is 2.73. The maximum Gasteiger partial charge on any atom is 0.319 e. The molecule has 0 spiro atoms. The molecule has 3 N–H and O–H groups in total. The van der Waals surface area contributed by atoms with Gasteiger partial charge in [0.05, 0.1) is 5.56 Å². The minimum Gasteiger partial charge on any atom is -0.372 e. The van der Waals surface area contributed by atoms with Crippen LogP contribution in [0.4, 0.5) is 22.0 Å². The van der Waals surface area contributed by atoms with Gasteiger partial charge < -0.3 is 20.9 Å². The number of carbonyl (C=O) groups is 1. The molecule has 3 rings (SSSR count). The fourth-order valence-corrected chi connectivity index (χ4v) is 3.08. The summed E-state index contributed by atoms with van der Waals surface area (Å²) in [7, 11) is 0. The normalized spacial score (nSPS) is 13.5. The molecule has 1 saturated heterocycles. The van der Waals surface area contributed by atoms with E-state index < -0.39 is 0 Å². The molecule has 1 aliphatic heterocycles. The molecule has 7 heteroatoms. The monoisotopic (exact) mass is 364 g/mol. The highest BCUT2D eigenvalue weighted by atomic mass is 16.2. The van der Waals surface area contributed by atoms with Gasteiger partial charge in [-0.1, -0.05) is 0 Å². The number of nitrogens with one attached hydrogen (secondary N) is 3. The van der Waals surface area contributed by atoms with Crippen LogP contribution in [0.5, 0.6) is 0 Å². The fraction of sp³-hybridized carbons (Fsp3) is 0.350. The van der Waals surface area contributed by atoms with E-state index in [-0.39, 0.29) is 6.03 Å². The van der Waals surface area contributed by atoms with Crippen LogP contribution < -0.4 is 20.9 Å². The predicted molar refractivity (Wildman–Crippen MR) is 107 cm³/mol. The van der Waals surface area contributed by atoms with E-state index in [0.29, 0.717) is 24.5 Å². The van der Waals surface area contributed by atoms with Crippen molar-refractivity contribution >= 4 is 23.2 Å². The molecule has 2 amide bonds. The zero-order chi connectivity index (χ0) is 18.9. The first kappa shape index (κ1) is 18.5. The van der Waals surface area contributed by atoms with Gasteiger partial charge in [0.1, 0.15) is 11.9 Å². The lowest BCUT2D eigenvalue weighted by Crippen LogP contribution is -2.33. The van der Waals surface area contributed by atoms with Crippen molar-refractivity contribution in [3.05, 3.63) is 48.2 Å². The second kappa shape index (κ2) is 9.43. The number of hydrogen-bond donors (Lipinski definition) is 3. The highest BCUT2D eigenvalue weighted by molar-refractivity contribution is 5.89. The van der Waals surface area contributed by atoms with Crippen LogP contribution in [0.3, 0.4) is 0 Å². The summed E-state index contributed by atoms with van der Waals surface area (Å²) in [6.45, 7) is 3.10. The van der Waals surface area contributed by atoms with E-state index in [2.05, 4.69) is 31.9 Å². The number of nitrogens with zero attached hydrogens (tertiary/aromatic N) is 3. The summed E-state index contributed by atoms with van der Waals surface area (Å²) in [5, 5.41) is 17.7. The summed E-state index contributed by atoms with van der Waals surface area (Å²) < 4.78 is 0. The van der Waals surface area contributed by atoms with Crippen LogP contribution in [0.25, 0.3) is 0 Å². The van der Waals surface area contributed by atoms with Crippen LogP contribution in [-0.4, -0.2) is 37.2 Å². The Bertz CT molecular complexity index is 793.